The van der Waals surface area contributed by atoms with Gasteiger partial charge in [-0.05, 0) is 86.3 Å². The van der Waals surface area contributed by atoms with Gasteiger partial charge in [-0.3, -0.25) is 24.0 Å². The Balaban J connectivity index is 0.000000210. The summed E-state index contributed by atoms with van der Waals surface area (Å²) in [4.78, 5) is 90.1. The molecule has 8 rings (SSSR count). The van der Waals surface area contributed by atoms with Gasteiger partial charge in [0.25, 0.3) is 5.91 Å². The number of allylic oxidation sites excluding steroid dienone is 2. The van der Waals surface area contributed by atoms with Crippen LogP contribution < -0.4 is 16.0 Å². The zero-order chi connectivity index (χ0) is 55.7. The fraction of sp³-hybridized carbons (Fsp3) is 0.393. The van der Waals surface area contributed by atoms with Crippen LogP contribution >= 0.6 is 46.2 Å². The maximum atomic E-state index is 12.9. The Morgan fingerprint density at radius 2 is 1.06 bits per heavy atom. The van der Waals surface area contributed by atoms with Crippen LogP contribution in [0.25, 0.3) is 0 Å². The molecule has 2 fully saturated rings. The predicted octanol–water partition coefficient (Wildman–Crippen LogP) is 10.9. The van der Waals surface area contributed by atoms with Crippen molar-refractivity contribution in [3.63, 3.8) is 0 Å². The van der Waals surface area contributed by atoms with Gasteiger partial charge in [0.2, 0.25) is 23.6 Å². The Bertz CT molecular complexity index is 2970. The number of nitrogens with zero attached hydrogens (tertiary/aromatic N) is 5. The minimum Gasteiger partial charge on any atom is -0.478 e. The second-order valence-corrected chi connectivity index (χ2v) is 24.9. The summed E-state index contributed by atoms with van der Waals surface area (Å²) in [6, 6.07) is 13.3. The van der Waals surface area contributed by atoms with Gasteiger partial charge in [0.1, 0.15) is 11.5 Å². The van der Waals surface area contributed by atoms with Gasteiger partial charge in [0.05, 0.1) is 50.3 Å². The average molecular weight is 1120 g/mol. The summed E-state index contributed by atoms with van der Waals surface area (Å²) < 4.78 is 13.6. The van der Waals surface area contributed by atoms with Crippen LogP contribution in [0.5, 0.6) is 0 Å². The van der Waals surface area contributed by atoms with Crippen molar-refractivity contribution in [2.24, 2.45) is 11.8 Å². The second kappa shape index (κ2) is 28.2. The lowest BCUT2D eigenvalue weighted by Gasteiger charge is -2.31. The summed E-state index contributed by atoms with van der Waals surface area (Å²) in [5, 5.41) is 19.0. The molecule has 408 valence electrons. The molecule has 77 heavy (non-hydrogen) atoms. The molecule has 2 aromatic carbocycles. The van der Waals surface area contributed by atoms with E-state index in [1.165, 1.54) is 47.0 Å². The summed E-state index contributed by atoms with van der Waals surface area (Å²) >= 11 is 6.11. The van der Waals surface area contributed by atoms with E-state index < -0.39 is 5.97 Å². The number of carbonyl (C=O) groups excluding carboxylic acids is 5. The van der Waals surface area contributed by atoms with Crippen molar-refractivity contribution in [2.75, 3.05) is 36.8 Å². The molecule has 6 heterocycles. The quantitative estimate of drug-likeness (QED) is 0.0462. The summed E-state index contributed by atoms with van der Waals surface area (Å²) in [6.07, 6.45) is 13.2. The molecule has 21 heteroatoms. The third-order valence-corrected chi connectivity index (χ3v) is 16.4. The van der Waals surface area contributed by atoms with Crippen LogP contribution in [0.1, 0.15) is 122 Å². The molecular formula is C56H66N8O9S4. The van der Waals surface area contributed by atoms with Gasteiger partial charge in [-0.15, -0.1) is 23.5 Å². The zero-order valence-electron chi connectivity index (χ0n) is 44.2. The fourth-order valence-corrected chi connectivity index (χ4v) is 11.0. The number of hydrogen-bond acceptors (Lipinski definition) is 17. The third-order valence-electron chi connectivity index (χ3n) is 12.2. The summed E-state index contributed by atoms with van der Waals surface area (Å²) in [5.41, 5.74) is 2.32. The maximum absolute atomic E-state index is 12.9. The normalized spacial score (nSPS) is 14.0. The highest BCUT2D eigenvalue weighted by atomic mass is 32.2. The van der Waals surface area contributed by atoms with Gasteiger partial charge >= 0.3 is 5.97 Å². The molecule has 4 aromatic heterocycles. The van der Waals surface area contributed by atoms with Crippen molar-refractivity contribution >= 4 is 91.7 Å². The van der Waals surface area contributed by atoms with E-state index in [4.69, 9.17) is 13.9 Å². The standard InChI is InChI=1S/C28H32N4O4S2.C17H24N4O2S2.C11H10O3/c1-5-21(33)14-18-6-8-20(9-7-18)26(35)32-12-10-19(11-13-32)25(34)31-27-30-16-24(38-27)37-17-23-29-15-22(36-23)28(2,3)4;1-17(2,3)12-8-19-13(23-12)10-24-14-9-20-16(25-14)21-15(22)11-4-6-18-7-5-11;1-2-10(12)7-8-3-5-9(6-4-8)11(13)14/h5-9,15-16,19H,1,10-14,17H2,2-4H3,(H,30,31,34);8-9,11,18H,4-7,10H2,1-3H3,(H,20,21,22);2-6H,1,7H2,(H,13,14). The lowest BCUT2D eigenvalue weighted by molar-refractivity contribution is -0.121. The Morgan fingerprint density at radius 3 is 1.45 bits per heavy atom. The van der Waals surface area contributed by atoms with E-state index in [0.29, 0.717) is 65.0 Å². The number of amides is 3. The van der Waals surface area contributed by atoms with E-state index in [1.807, 2.05) is 0 Å². The molecule has 0 spiro atoms. The minimum atomic E-state index is -0.966. The van der Waals surface area contributed by atoms with Crippen molar-refractivity contribution in [3.05, 3.63) is 144 Å². The number of ketones is 2. The number of thiazole rings is 2. The van der Waals surface area contributed by atoms with Crippen LogP contribution in [0, 0.1) is 11.8 Å². The lowest BCUT2D eigenvalue weighted by Crippen LogP contribution is -2.41. The SMILES string of the molecule is C=CC(=O)Cc1ccc(C(=O)N2CCC(C(=O)Nc3ncc(SCc4ncc(C(C)(C)C)o4)s3)CC2)cc1.C=CC(=O)Cc1ccc(C(=O)O)cc1.CC(C)(C)c1cnc(CSc2cnc(NC(=O)C3CCNCC3)s2)o1. The van der Waals surface area contributed by atoms with Gasteiger partial charge < -0.3 is 34.8 Å². The lowest BCUT2D eigenvalue weighted by atomic mass is 9.94. The topological polar surface area (TPSA) is 240 Å². The molecule has 0 bridgehead atoms. The number of anilines is 2. The first-order chi connectivity index (χ1) is 36.7. The number of aromatic nitrogens is 4. The van der Waals surface area contributed by atoms with Crippen LogP contribution in [0.4, 0.5) is 10.3 Å². The molecule has 6 aromatic rings. The van der Waals surface area contributed by atoms with E-state index in [9.17, 15) is 28.8 Å². The van der Waals surface area contributed by atoms with Crippen LogP contribution in [0.3, 0.4) is 0 Å². The molecule has 0 saturated carbocycles. The summed E-state index contributed by atoms with van der Waals surface area (Å²) in [6.45, 7) is 22.2. The predicted molar refractivity (Wildman–Crippen MR) is 303 cm³/mol. The van der Waals surface area contributed by atoms with Crippen molar-refractivity contribution in [1.82, 2.24) is 30.2 Å². The number of benzene rings is 2. The smallest absolute Gasteiger partial charge is 0.335 e. The number of thioether (sulfide) groups is 2. The first-order valence-electron chi connectivity index (χ1n) is 25.1. The van der Waals surface area contributed by atoms with Crippen LogP contribution in [0.2, 0.25) is 0 Å². The van der Waals surface area contributed by atoms with Crippen LogP contribution in [-0.2, 0) is 54.4 Å². The Kier molecular flexibility index (Phi) is 21.9. The van der Waals surface area contributed by atoms with Crippen LogP contribution in [0.15, 0.2) is 116 Å². The van der Waals surface area contributed by atoms with Crippen molar-refractivity contribution in [2.45, 2.75) is 111 Å². The number of oxazole rings is 2. The highest BCUT2D eigenvalue weighted by Gasteiger charge is 2.29. The molecule has 2 saturated heterocycles. The summed E-state index contributed by atoms with van der Waals surface area (Å²) in [7, 11) is 0. The molecule has 0 unspecified atom stereocenters. The Hall–Kier alpha value is -6.52. The molecule has 0 atom stereocenters. The largest absolute Gasteiger partial charge is 0.478 e. The van der Waals surface area contributed by atoms with Gasteiger partial charge in [-0.1, -0.05) is 102 Å². The maximum Gasteiger partial charge on any atom is 0.335 e. The molecule has 17 nitrogen and oxygen atoms in total. The first kappa shape index (κ1) is 59.7. The monoisotopic (exact) mass is 1120 g/mol. The number of likely N-dealkylation sites (tertiary alicyclic amines) is 1. The van der Waals surface area contributed by atoms with Gasteiger partial charge in [-0.2, -0.15) is 0 Å². The number of carboxylic acid groups (broad SMARTS) is 1. The number of piperidine rings is 2. The average Bonchev–Trinajstić information content (AvgIpc) is 4.27. The fourth-order valence-electron chi connectivity index (χ4n) is 7.58. The van der Waals surface area contributed by atoms with E-state index in [0.717, 1.165) is 57.0 Å². The van der Waals surface area contributed by atoms with Crippen molar-refractivity contribution in [1.29, 1.82) is 0 Å². The first-order valence-corrected chi connectivity index (χ1v) is 28.7. The Labute approximate surface area is 465 Å². The van der Waals surface area contributed by atoms with E-state index in [1.54, 1.807) is 89.6 Å². The highest BCUT2D eigenvalue weighted by Crippen LogP contribution is 2.34. The number of hydrogen-bond donors (Lipinski definition) is 4. The van der Waals surface area contributed by atoms with Crippen LogP contribution in [-0.4, -0.2) is 91.4 Å². The van der Waals surface area contributed by atoms with Crippen molar-refractivity contribution in [3.8, 4) is 0 Å². The molecular weight excluding hydrogens is 1060 g/mol. The van der Waals surface area contributed by atoms with E-state index in [-0.39, 0.29) is 70.4 Å². The molecule has 2 aliphatic heterocycles. The minimum absolute atomic E-state index is 0.0352. The second-order valence-electron chi connectivity index (χ2n) is 20.2. The molecule has 0 aliphatic carbocycles. The van der Waals surface area contributed by atoms with Gasteiger partial charge in [0, 0.05) is 54.2 Å². The number of rotatable bonds is 18. The number of carboxylic acids is 1. The molecule has 0 radical (unpaired) electrons. The number of carbonyl (C=O) groups is 6. The van der Waals surface area contributed by atoms with E-state index in [2.05, 4.69) is 90.6 Å². The highest BCUT2D eigenvalue weighted by molar-refractivity contribution is 8.00. The van der Waals surface area contributed by atoms with Gasteiger partial charge in [-0.25, -0.2) is 24.7 Å². The summed E-state index contributed by atoms with van der Waals surface area (Å²) in [5.74, 6) is 3.13. The third kappa shape index (κ3) is 18.9. The number of nitrogens with one attached hydrogen (secondary N) is 3. The molecule has 4 N–H and O–H groups in total. The molecule has 2 aliphatic rings. The van der Waals surface area contributed by atoms with Gasteiger partial charge in [0.15, 0.2) is 21.8 Å². The molecule has 3 amide bonds. The van der Waals surface area contributed by atoms with E-state index >= 15 is 0 Å². The Morgan fingerprint density at radius 1 is 0.649 bits per heavy atom. The zero-order valence-corrected chi connectivity index (χ0v) is 47.5. The number of aromatic carboxylic acids is 1. The van der Waals surface area contributed by atoms with Crippen molar-refractivity contribution < 1.29 is 42.7 Å².